The second-order valence-electron chi connectivity index (χ2n) is 4.42. The maximum Gasteiger partial charge on any atom is 0.454 e. The van der Waals surface area contributed by atoms with E-state index in [1.807, 2.05) is 12.1 Å². The molecule has 1 aromatic rings. The third-order valence-electron chi connectivity index (χ3n) is 3.11. The molecule has 0 spiro atoms. The minimum absolute atomic E-state index is 0.113. The van der Waals surface area contributed by atoms with Crippen molar-refractivity contribution >= 4 is 17.3 Å². The van der Waals surface area contributed by atoms with Gasteiger partial charge in [-0.25, -0.2) is 0 Å². The van der Waals surface area contributed by atoms with E-state index in [2.05, 4.69) is 10.3 Å². The van der Waals surface area contributed by atoms with Crippen LogP contribution in [0.2, 0.25) is 0 Å². The molecule has 0 fully saturated rings. The van der Waals surface area contributed by atoms with E-state index in [-0.39, 0.29) is 5.82 Å². The Hall–Kier alpha value is -2.31. The van der Waals surface area contributed by atoms with Crippen LogP contribution in [-0.4, -0.2) is 35.8 Å². The zero-order valence-electron chi connectivity index (χ0n) is 10.2. The Bertz CT molecular complexity index is 634. The topological polar surface area (TPSA) is 44.7 Å². The third kappa shape index (κ3) is 2.04. The van der Waals surface area contributed by atoms with Gasteiger partial charge in [-0.15, -0.1) is 0 Å². The van der Waals surface area contributed by atoms with Crippen molar-refractivity contribution in [1.82, 2.24) is 4.90 Å². The first-order valence-corrected chi connectivity index (χ1v) is 5.98. The first-order valence-electron chi connectivity index (χ1n) is 5.98. The lowest BCUT2D eigenvalue weighted by Gasteiger charge is -2.31. The highest BCUT2D eigenvalue weighted by atomic mass is 19.4. The maximum atomic E-state index is 12.4. The van der Waals surface area contributed by atoms with Gasteiger partial charge in [-0.1, -0.05) is 12.1 Å². The van der Waals surface area contributed by atoms with Gasteiger partial charge in [-0.2, -0.15) is 13.2 Å². The van der Waals surface area contributed by atoms with Gasteiger partial charge >= 0.3 is 6.18 Å². The summed E-state index contributed by atoms with van der Waals surface area (Å²) in [5, 5.41) is 2.86. The van der Waals surface area contributed by atoms with E-state index in [0.29, 0.717) is 30.7 Å². The number of benzene rings is 1. The van der Waals surface area contributed by atoms with Crippen molar-refractivity contribution in [3.8, 4) is 0 Å². The van der Waals surface area contributed by atoms with Crippen molar-refractivity contribution in [2.45, 2.75) is 6.18 Å². The largest absolute Gasteiger partial charge is 0.454 e. The molecule has 0 aromatic heterocycles. The minimum atomic E-state index is -4.87. The first kappa shape index (κ1) is 12.7. The van der Waals surface area contributed by atoms with Crippen LogP contribution in [0.4, 0.5) is 18.9 Å². The molecule has 0 amide bonds. The number of nitrogens with one attached hydrogen (secondary N) is 1. The average molecular weight is 281 g/mol. The second-order valence-corrected chi connectivity index (χ2v) is 4.42. The molecular formula is C13H10F3N3O. The molecule has 104 valence electrons. The number of halogens is 3. The molecule has 0 unspecified atom stereocenters. The monoisotopic (exact) mass is 281 g/mol. The lowest BCUT2D eigenvalue weighted by atomic mass is 10.1. The van der Waals surface area contributed by atoms with Crippen molar-refractivity contribution in [2.24, 2.45) is 4.99 Å². The molecule has 2 heterocycles. The highest BCUT2D eigenvalue weighted by Crippen LogP contribution is 2.30. The van der Waals surface area contributed by atoms with E-state index < -0.39 is 12.0 Å². The van der Waals surface area contributed by atoms with Crippen LogP contribution in [-0.2, 0) is 4.79 Å². The molecule has 3 rings (SSSR count). The lowest BCUT2D eigenvalue weighted by molar-refractivity contribution is -0.165. The van der Waals surface area contributed by atoms with E-state index in [1.54, 1.807) is 17.0 Å². The summed E-state index contributed by atoms with van der Waals surface area (Å²) < 4.78 is 37.1. The molecule has 20 heavy (non-hydrogen) atoms. The Kier molecular flexibility index (Phi) is 2.77. The van der Waals surface area contributed by atoms with Crippen LogP contribution in [0.25, 0.3) is 0 Å². The molecular weight excluding hydrogens is 271 g/mol. The fourth-order valence-electron chi connectivity index (χ4n) is 2.22. The molecule has 1 aromatic carbocycles. The average Bonchev–Trinajstić information content (AvgIpc) is 2.87. The van der Waals surface area contributed by atoms with Crippen LogP contribution in [0.3, 0.4) is 0 Å². The van der Waals surface area contributed by atoms with Crippen molar-refractivity contribution in [3.63, 3.8) is 0 Å². The van der Waals surface area contributed by atoms with Crippen LogP contribution < -0.4 is 5.32 Å². The Morgan fingerprint density at radius 2 is 2.10 bits per heavy atom. The number of ketones is 1. The van der Waals surface area contributed by atoms with Crippen molar-refractivity contribution in [3.05, 3.63) is 41.7 Å². The number of alkyl halides is 3. The predicted octanol–water partition coefficient (Wildman–Crippen LogP) is 2.15. The molecule has 1 N–H and O–H groups in total. The highest BCUT2D eigenvalue weighted by molar-refractivity contribution is 6.08. The zero-order valence-corrected chi connectivity index (χ0v) is 10.2. The summed E-state index contributed by atoms with van der Waals surface area (Å²) in [4.78, 5) is 17.0. The van der Waals surface area contributed by atoms with Gasteiger partial charge in [0.1, 0.15) is 11.7 Å². The standard InChI is InChI=1S/C13H10F3N3O/c14-13(15,16)10(20)7-11-18-9-4-2-1-3-8(9)12-17-5-6-19(11)12/h1-4,7,18H,5-6H2/b11-7+. The number of amidine groups is 1. The quantitative estimate of drug-likeness (QED) is 0.802. The van der Waals surface area contributed by atoms with E-state index in [0.717, 1.165) is 5.56 Å². The SMILES string of the molecule is O=C(/C=C1\Nc2ccccc2C2=NCCN21)C(F)(F)F. The van der Waals surface area contributed by atoms with Crippen LogP contribution in [0.15, 0.2) is 41.2 Å². The summed E-state index contributed by atoms with van der Waals surface area (Å²) in [5.74, 6) is -1.17. The number of carbonyl (C=O) groups is 1. The number of carbonyl (C=O) groups excluding carboxylic acids is 1. The molecule has 2 aliphatic rings. The third-order valence-corrected chi connectivity index (χ3v) is 3.11. The Balaban J connectivity index is 2.02. The molecule has 2 aliphatic heterocycles. The van der Waals surface area contributed by atoms with Crippen LogP contribution in [0.1, 0.15) is 5.56 Å². The second kappa shape index (κ2) is 4.36. The van der Waals surface area contributed by atoms with Gasteiger partial charge in [-0.05, 0) is 12.1 Å². The fourth-order valence-corrected chi connectivity index (χ4v) is 2.22. The van der Waals surface area contributed by atoms with Gasteiger partial charge < -0.3 is 10.2 Å². The van der Waals surface area contributed by atoms with Gasteiger partial charge in [0.25, 0.3) is 5.78 Å². The number of fused-ring (bicyclic) bond motifs is 3. The van der Waals surface area contributed by atoms with Gasteiger partial charge in [-0.3, -0.25) is 9.79 Å². The number of allylic oxidation sites excluding steroid dienone is 1. The Labute approximate surface area is 112 Å². The molecule has 7 heteroatoms. The van der Waals surface area contributed by atoms with Gasteiger partial charge in [0.05, 0.1) is 12.2 Å². The smallest absolute Gasteiger partial charge is 0.341 e. The van der Waals surface area contributed by atoms with E-state index in [1.165, 1.54) is 0 Å². The van der Waals surface area contributed by atoms with Crippen LogP contribution in [0, 0.1) is 0 Å². The van der Waals surface area contributed by atoms with E-state index >= 15 is 0 Å². The van der Waals surface area contributed by atoms with E-state index in [4.69, 9.17) is 0 Å². The number of nitrogens with zero attached hydrogens (tertiary/aromatic N) is 2. The molecule has 0 bridgehead atoms. The molecule has 0 saturated carbocycles. The van der Waals surface area contributed by atoms with Gasteiger partial charge in [0.15, 0.2) is 0 Å². The number of aliphatic imine (C=N–C) groups is 1. The van der Waals surface area contributed by atoms with Crippen molar-refractivity contribution in [2.75, 3.05) is 18.4 Å². The number of hydrogen-bond donors (Lipinski definition) is 1. The van der Waals surface area contributed by atoms with Crippen molar-refractivity contribution in [1.29, 1.82) is 0 Å². The van der Waals surface area contributed by atoms with Gasteiger partial charge in [0, 0.05) is 18.2 Å². The summed E-state index contributed by atoms with van der Waals surface area (Å²) in [7, 11) is 0. The summed E-state index contributed by atoms with van der Waals surface area (Å²) in [5.41, 5.74) is 1.47. The van der Waals surface area contributed by atoms with Crippen molar-refractivity contribution < 1.29 is 18.0 Å². The zero-order chi connectivity index (χ0) is 14.3. The predicted molar refractivity (Wildman–Crippen MR) is 67.3 cm³/mol. The number of hydrogen-bond acceptors (Lipinski definition) is 4. The maximum absolute atomic E-state index is 12.4. The lowest BCUT2D eigenvalue weighted by Crippen LogP contribution is -2.37. The summed E-state index contributed by atoms with van der Waals surface area (Å²) >= 11 is 0. The summed E-state index contributed by atoms with van der Waals surface area (Å²) in [6.07, 6.45) is -4.29. The summed E-state index contributed by atoms with van der Waals surface area (Å²) in [6, 6.07) is 7.16. The van der Waals surface area contributed by atoms with E-state index in [9.17, 15) is 18.0 Å². The molecule has 0 radical (unpaired) electrons. The molecule has 4 nitrogen and oxygen atoms in total. The minimum Gasteiger partial charge on any atom is -0.341 e. The molecule has 0 saturated heterocycles. The number of rotatable bonds is 1. The summed E-state index contributed by atoms with van der Waals surface area (Å²) in [6.45, 7) is 0.941. The Morgan fingerprint density at radius 1 is 1.35 bits per heavy atom. The Morgan fingerprint density at radius 3 is 2.85 bits per heavy atom. The number of para-hydroxylation sites is 1. The number of anilines is 1. The molecule has 0 atom stereocenters. The first-order chi connectivity index (χ1) is 9.47. The normalized spacial score (nSPS) is 19.2. The van der Waals surface area contributed by atoms with Crippen LogP contribution >= 0.6 is 0 Å². The van der Waals surface area contributed by atoms with Crippen LogP contribution in [0.5, 0.6) is 0 Å². The van der Waals surface area contributed by atoms with Gasteiger partial charge in [0.2, 0.25) is 0 Å². The highest BCUT2D eigenvalue weighted by Gasteiger charge is 2.38. The fraction of sp³-hybridized carbons (Fsp3) is 0.231. The molecule has 0 aliphatic carbocycles.